The van der Waals surface area contributed by atoms with Crippen LogP contribution in [0, 0.1) is 13.8 Å². The van der Waals surface area contributed by atoms with E-state index < -0.39 is 15.9 Å². The van der Waals surface area contributed by atoms with Crippen molar-refractivity contribution in [3.8, 4) is 5.75 Å². The van der Waals surface area contributed by atoms with Crippen molar-refractivity contribution in [1.82, 2.24) is 4.31 Å². The summed E-state index contributed by atoms with van der Waals surface area (Å²) in [4.78, 5) is 12.6. The molecule has 6 nitrogen and oxygen atoms in total. The number of hydrogen-bond donors (Lipinski definition) is 1. The summed E-state index contributed by atoms with van der Waals surface area (Å²) >= 11 is 0. The fourth-order valence-electron chi connectivity index (χ4n) is 3.11. The third-order valence-corrected chi connectivity index (χ3v) is 6.84. The predicted octanol–water partition coefficient (Wildman–Crippen LogP) is 3.87. The predicted molar refractivity (Wildman–Crippen MR) is 116 cm³/mol. The van der Waals surface area contributed by atoms with Gasteiger partial charge in [-0.1, -0.05) is 32.9 Å². The minimum absolute atomic E-state index is 0.0814. The molecule has 0 unspecified atom stereocenters. The zero-order chi connectivity index (χ0) is 22.0. The van der Waals surface area contributed by atoms with Crippen molar-refractivity contribution < 1.29 is 17.9 Å². The van der Waals surface area contributed by atoms with Crippen LogP contribution in [0.3, 0.4) is 0 Å². The Balaban J connectivity index is 2.21. The van der Waals surface area contributed by atoms with Crippen LogP contribution in [0.4, 0.5) is 5.69 Å². The molecule has 2 rings (SSSR count). The van der Waals surface area contributed by atoms with Gasteiger partial charge in [-0.15, -0.1) is 0 Å². The summed E-state index contributed by atoms with van der Waals surface area (Å²) in [6.45, 7) is 9.57. The molecule has 0 radical (unpaired) electrons. The largest absolute Gasteiger partial charge is 0.497 e. The highest BCUT2D eigenvalue weighted by Gasteiger charge is 2.28. The van der Waals surface area contributed by atoms with Gasteiger partial charge in [-0.25, -0.2) is 8.42 Å². The Hall–Kier alpha value is -2.38. The van der Waals surface area contributed by atoms with Gasteiger partial charge in [-0.2, -0.15) is 4.31 Å². The first-order chi connectivity index (χ1) is 13.4. The van der Waals surface area contributed by atoms with Crippen molar-refractivity contribution in [1.29, 1.82) is 0 Å². The van der Waals surface area contributed by atoms with Gasteiger partial charge in [-0.3, -0.25) is 4.79 Å². The molecule has 29 heavy (non-hydrogen) atoms. The molecular weight excluding hydrogens is 388 g/mol. The van der Waals surface area contributed by atoms with E-state index >= 15 is 0 Å². The Morgan fingerprint density at radius 2 is 1.59 bits per heavy atom. The summed E-state index contributed by atoms with van der Waals surface area (Å²) in [6, 6.07) is 10.7. The quantitative estimate of drug-likeness (QED) is 0.773. The highest BCUT2D eigenvalue weighted by molar-refractivity contribution is 7.89. The van der Waals surface area contributed by atoms with E-state index in [-0.39, 0.29) is 16.9 Å². The number of sulfonamides is 1. The molecule has 0 aromatic heterocycles. The second-order valence-corrected chi connectivity index (χ2v) is 10.2. The molecule has 0 spiro atoms. The topological polar surface area (TPSA) is 75.7 Å². The van der Waals surface area contributed by atoms with Gasteiger partial charge in [0, 0.05) is 12.7 Å². The average molecular weight is 419 g/mol. The zero-order valence-electron chi connectivity index (χ0n) is 18.2. The molecule has 0 aliphatic rings. The number of ether oxygens (including phenoxy) is 1. The van der Waals surface area contributed by atoms with E-state index in [0.29, 0.717) is 22.6 Å². The second kappa shape index (κ2) is 8.55. The molecule has 0 aliphatic heterocycles. The molecular formula is C22H30N2O4S. The lowest BCUT2D eigenvalue weighted by Crippen LogP contribution is -2.35. The summed E-state index contributed by atoms with van der Waals surface area (Å²) in [5.74, 6) is 0.259. The van der Waals surface area contributed by atoms with Gasteiger partial charge in [0.05, 0.1) is 18.6 Å². The third kappa shape index (κ3) is 5.36. The van der Waals surface area contributed by atoms with E-state index in [2.05, 4.69) is 26.1 Å². The number of amides is 1. The Morgan fingerprint density at radius 3 is 2.03 bits per heavy atom. The van der Waals surface area contributed by atoms with Crippen LogP contribution >= 0.6 is 0 Å². The van der Waals surface area contributed by atoms with E-state index in [4.69, 9.17) is 4.74 Å². The van der Waals surface area contributed by atoms with Crippen LogP contribution in [0.15, 0.2) is 41.3 Å². The molecule has 0 bridgehead atoms. The SMILES string of the molecule is COc1ccc(NC(=O)CN(C)S(=O)(=O)c2c(C)cc(C(C)(C)C)cc2C)cc1. The standard InChI is InChI=1S/C22H30N2O4S/c1-15-12-17(22(3,4)5)13-16(2)21(15)29(26,27)24(6)14-20(25)23-18-8-10-19(28-7)11-9-18/h8-13H,14H2,1-7H3,(H,23,25). The number of carbonyl (C=O) groups is 1. The zero-order valence-corrected chi connectivity index (χ0v) is 19.0. The third-order valence-electron chi connectivity index (χ3n) is 4.73. The highest BCUT2D eigenvalue weighted by atomic mass is 32.2. The van der Waals surface area contributed by atoms with Crippen LogP contribution in [0.1, 0.15) is 37.5 Å². The Kier molecular flexibility index (Phi) is 6.75. The van der Waals surface area contributed by atoms with Gasteiger partial charge in [-0.05, 0) is 60.2 Å². The normalized spacial score (nSPS) is 12.1. The van der Waals surface area contributed by atoms with E-state index in [1.54, 1.807) is 45.2 Å². The lowest BCUT2D eigenvalue weighted by molar-refractivity contribution is -0.116. The van der Waals surface area contributed by atoms with Crippen molar-refractivity contribution in [3.05, 3.63) is 53.1 Å². The Bertz CT molecular complexity index is 967. The number of methoxy groups -OCH3 is 1. The monoisotopic (exact) mass is 418 g/mol. The fraction of sp³-hybridized carbons (Fsp3) is 0.409. The van der Waals surface area contributed by atoms with Gasteiger partial charge < -0.3 is 10.1 Å². The lowest BCUT2D eigenvalue weighted by Gasteiger charge is -2.24. The van der Waals surface area contributed by atoms with Crippen molar-refractivity contribution in [3.63, 3.8) is 0 Å². The van der Waals surface area contributed by atoms with Gasteiger partial charge in [0.25, 0.3) is 0 Å². The molecule has 0 aliphatic carbocycles. The van der Waals surface area contributed by atoms with Gasteiger partial charge in [0.15, 0.2) is 0 Å². The van der Waals surface area contributed by atoms with Crippen molar-refractivity contribution in [2.45, 2.75) is 44.9 Å². The summed E-state index contributed by atoms with van der Waals surface area (Å²) in [7, 11) is -0.831. The smallest absolute Gasteiger partial charge is 0.243 e. The van der Waals surface area contributed by atoms with E-state index in [9.17, 15) is 13.2 Å². The molecule has 0 atom stereocenters. The first-order valence-corrected chi connectivity index (χ1v) is 10.8. The van der Waals surface area contributed by atoms with Crippen LogP contribution in [0.5, 0.6) is 5.75 Å². The van der Waals surface area contributed by atoms with Crippen LogP contribution in [-0.2, 0) is 20.2 Å². The molecule has 2 aromatic carbocycles. The maximum Gasteiger partial charge on any atom is 0.243 e. The minimum Gasteiger partial charge on any atom is -0.497 e. The van der Waals surface area contributed by atoms with Crippen LogP contribution < -0.4 is 10.1 Å². The van der Waals surface area contributed by atoms with Crippen LogP contribution in [-0.4, -0.2) is 39.3 Å². The van der Waals surface area contributed by atoms with Crippen LogP contribution in [0.2, 0.25) is 0 Å². The molecule has 0 saturated heterocycles. The maximum atomic E-state index is 13.1. The summed E-state index contributed by atoms with van der Waals surface area (Å²) in [5, 5.41) is 2.71. The minimum atomic E-state index is -3.81. The number of aryl methyl sites for hydroxylation is 2. The number of carbonyl (C=O) groups excluding carboxylic acids is 1. The van der Waals surface area contributed by atoms with E-state index in [1.807, 2.05) is 12.1 Å². The number of rotatable bonds is 6. The van der Waals surface area contributed by atoms with Crippen molar-refractivity contribution in [2.24, 2.45) is 0 Å². The lowest BCUT2D eigenvalue weighted by atomic mass is 9.85. The van der Waals surface area contributed by atoms with E-state index in [1.165, 1.54) is 7.05 Å². The maximum absolute atomic E-state index is 13.1. The fourth-order valence-corrected chi connectivity index (χ4v) is 4.64. The molecule has 1 N–H and O–H groups in total. The van der Waals surface area contributed by atoms with Crippen molar-refractivity contribution in [2.75, 3.05) is 26.0 Å². The Morgan fingerprint density at radius 1 is 1.07 bits per heavy atom. The number of hydrogen-bond acceptors (Lipinski definition) is 4. The number of nitrogens with zero attached hydrogens (tertiary/aromatic N) is 1. The highest BCUT2D eigenvalue weighted by Crippen LogP contribution is 2.30. The average Bonchev–Trinajstić information content (AvgIpc) is 2.60. The summed E-state index contributed by atoms with van der Waals surface area (Å²) in [6.07, 6.45) is 0. The number of anilines is 1. The molecule has 158 valence electrons. The first kappa shape index (κ1) is 22.9. The number of nitrogens with one attached hydrogen (secondary N) is 1. The molecule has 0 heterocycles. The van der Waals surface area contributed by atoms with Crippen LogP contribution in [0.25, 0.3) is 0 Å². The summed E-state index contributed by atoms with van der Waals surface area (Å²) in [5.41, 5.74) is 2.92. The number of benzene rings is 2. The first-order valence-electron chi connectivity index (χ1n) is 9.38. The van der Waals surface area contributed by atoms with Gasteiger partial charge >= 0.3 is 0 Å². The molecule has 1 amide bonds. The van der Waals surface area contributed by atoms with Gasteiger partial charge in [0.1, 0.15) is 5.75 Å². The second-order valence-electron chi connectivity index (χ2n) is 8.23. The van der Waals surface area contributed by atoms with Gasteiger partial charge in [0.2, 0.25) is 15.9 Å². The molecule has 0 saturated carbocycles. The van der Waals surface area contributed by atoms with E-state index in [0.717, 1.165) is 9.87 Å². The molecule has 0 fully saturated rings. The Labute approximate surface area is 173 Å². The number of likely N-dealkylation sites (N-methyl/N-ethyl adjacent to an activating group) is 1. The van der Waals surface area contributed by atoms with Crippen molar-refractivity contribution >= 4 is 21.6 Å². The molecule has 2 aromatic rings. The molecule has 7 heteroatoms. The summed E-state index contributed by atoms with van der Waals surface area (Å²) < 4.78 is 32.4.